The monoisotopic (exact) mass is 254 g/mol. The predicted octanol–water partition coefficient (Wildman–Crippen LogP) is 1.28. The van der Waals surface area contributed by atoms with Crippen LogP contribution < -0.4 is 5.32 Å². The summed E-state index contributed by atoms with van der Waals surface area (Å²) in [6, 6.07) is 0.801. The van der Waals surface area contributed by atoms with Gasteiger partial charge in [-0.25, -0.2) is 0 Å². The van der Waals surface area contributed by atoms with E-state index in [2.05, 4.69) is 10.2 Å². The third-order valence-corrected chi connectivity index (χ3v) is 4.18. The van der Waals surface area contributed by atoms with Crippen molar-refractivity contribution in [2.24, 2.45) is 0 Å². The number of hydrogen-bond donors (Lipinski definition) is 2. The second-order valence-corrected chi connectivity index (χ2v) is 5.90. The second-order valence-electron chi connectivity index (χ2n) is 5.90. The molecule has 0 aromatic heterocycles. The second kappa shape index (κ2) is 6.53. The van der Waals surface area contributed by atoms with E-state index in [9.17, 15) is 9.90 Å². The van der Waals surface area contributed by atoms with Crippen molar-refractivity contribution in [1.82, 2.24) is 10.2 Å². The van der Waals surface area contributed by atoms with E-state index in [0.29, 0.717) is 18.6 Å². The number of nitrogens with zero attached hydrogens (tertiary/aromatic N) is 1. The molecule has 2 aliphatic rings. The Morgan fingerprint density at radius 3 is 2.72 bits per heavy atom. The molecule has 2 atom stereocenters. The van der Waals surface area contributed by atoms with E-state index >= 15 is 0 Å². The Kier molecular flexibility index (Phi) is 5.01. The molecule has 0 bridgehead atoms. The molecule has 0 aromatic carbocycles. The van der Waals surface area contributed by atoms with Crippen molar-refractivity contribution in [2.45, 2.75) is 70.1 Å². The maximum absolute atomic E-state index is 12.0. The van der Waals surface area contributed by atoms with E-state index in [-0.39, 0.29) is 12.0 Å². The molecule has 104 valence electrons. The van der Waals surface area contributed by atoms with Crippen LogP contribution in [0.1, 0.15) is 51.9 Å². The molecule has 2 unspecified atom stereocenters. The molecule has 0 aromatic rings. The zero-order valence-corrected chi connectivity index (χ0v) is 11.4. The van der Waals surface area contributed by atoms with Gasteiger partial charge in [0.05, 0.1) is 12.6 Å². The van der Waals surface area contributed by atoms with Gasteiger partial charge in [-0.1, -0.05) is 12.8 Å². The minimum absolute atomic E-state index is 0.166. The van der Waals surface area contributed by atoms with E-state index < -0.39 is 0 Å². The Bertz CT molecular complexity index is 275. The lowest BCUT2D eigenvalue weighted by atomic mass is 10.1. The quantitative estimate of drug-likeness (QED) is 0.777. The zero-order valence-electron chi connectivity index (χ0n) is 11.4. The van der Waals surface area contributed by atoms with Crippen molar-refractivity contribution >= 4 is 5.91 Å². The molecule has 4 heteroatoms. The number of carbonyl (C=O) groups is 1. The summed E-state index contributed by atoms with van der Waals surface area (Å²) in [5, 5.41) is 12.6. The number of nitrogens with one attached hydrogen (secondary N) is 1. The van der Waals surface area contributed by atoms with Crippen molar-refractivity contribution in [2.75, 3.05) is 13.1 Å². The van der Waals surface area contributed by atoms with Crippen LogP contribution in [0.4, 0.5) is 0 Å². The number of aliphatic hydroxyl groups excluding tert-OH is 1. The highest BCUT2D eigenvalue weighted by atomic mass is 16.3. The topological polar surface area (TPSA) is 52.6 Å². The SMILES string of the molecule is CC(O)CC1CCCN1CC(=O)NC1CCCC1. The first kappa shape index (κ1) is 13.8. The number of amides is 1. The third kappa shape index (κ3) is 3.95. The van der Waals surface area contributed by atoms with Crippen LogP contribution in [0.25, 0.3) is 0 Å². The van der Waals surface area contributed by atoms with Gasteiger partial charge in [0, 0.05) is 12.1 Å². The zero-order chi connectivity index (χ0) is 13.0. The van der Waals surface area contributed by atoms with Gasteiger partial charge in [0.2, 0.25) is 5.91 Å². The van der Waals surface area contributed by atoms with Crippen LogP contribution in [-0.4, -0.2) is 47.2 Å². The summed E-state index contributed by atoms with van der Waals surface area (Å²) in [4.78, 5) is 14.2. The molecular weight excluding hydrogens is 228 g/mol. The van der Waals surface area contributed by atoms with Crippen molar-refractivity contribution < 1.29 is 9.90 Å². The molecule has 1 aliphatic carbocycles. The van der Waals surface area contributed by atoms with Gasteiger partial charge >= 0.3 is 0 Å². The molecule has 1 heterocycles. The molecule has 2 N–H and O–H groups in total. The third-order valence-electron chi connectivity index (χ3n) is 4.18. The van der Waals surface area contributed by atoms with Crippen molar-refractivity contribution in [1.29, 1.82) is 0 Å². The number of rotatable bonds is 5. The Balaban J connectivity index is 1.74. The maximum Gasteiger partial charge on any atom is 0.234 e. The first-order chi connectivity index (χ1) is 8.65. The predicted molar refractivity (Wildman–Crippen MR) is 71.3 cm³/mol. The highest BCUT2D eigenvalue weighted by Crippen LogP contribution is 2.21. The summed E-state index contributed by atoms with van der Waals surface area (Å²) in [5.41, 5.74) is 0. The summed E-state index contributed by atoms with van der Waals surface area (Å²) in [5.74, 6) is 0.166. The first-order valence-electron chi connectivity index (χ1n) is 7.36. The maximum atomic E-state index is 12.0. The molecule has 18 heavy (non-hydrogen) atoms. The van der Waals surface area contributed by atoms with E-state index in [0.717, 1.165) is 38.6 Å². The molecule has 2 fully saturated rings. The molecule has 0 spiro atoms. The highest BCUT2D eigenvalue weighted by Gasteiger charge is 2.27. The summed E-state index contributed by atoms with van der Waals surface area (Å²) >= 11 is 0. The minimum atomic E-state index is -0.270. The lowest BCUT2D eigenvalue weighted by Gasteiger charge is -2.25. The Labute approximate surface area is 110 Å². The molecule has 4 nitrogen and oxygen atoms in total. The number of aliphatic hydroxyl groups is 1. The van der Waals surface area contributed by atoms with Crippen molar-refractivity contribution in [3.05, 3.63) is 0 Å². The fourth-order valence-corrected chi connectivity index (χ4v) is 3.29. The summed E-state index contributed by atoms with van der Waals surface area (Å²) in [6.45, 7) is 3.33. The van der Waals surface area contributed by atoms with Gasteiger partial charge in [-0.3, -0.25) is 9.69 Å². The Morgan fingerprint density at radius 2 is 2.06 bits per heavy atom. The van der Waals surface area contributed by atoms with Crippen LogP contribution >= 0.6 is 0 Å². The molecule has 1 amide bonds. The van der Waals surface area contributed by atoms with Crippen LogP contribution in [0.2, 0.25) is 0 Å². The lowest BCUT2D eigenvalue weighted by Crippen LogP contribution is -2.43. The molecule has 1 aliphatic heterocycles. The Hall–Kier alpha value is -0.610. The number of likely N-dealkylation sites (tertiary alicyclic amines) is 1. The van der Waals surface area contributed by atoms with E-state index in [1.807, 2.05) is 6.92 Å². The van der Waals surface area contributed by atoms with Gasteiger partial charge < -0.3 is 10.4 Å². The summed E-state index contributed by atoms with van der Waals surface area (Å²) in [6.07, 6.45) is 7.56. The van der Waals surface area contributed by atoms with Gasteiger partial charge in [0.25, 0.3) is 0 Å². The highest BCUT2D eigenvalue weighted by molar-refractivity contribution is 5.78. The van der Waals surface area contributed by atoms with Gasteiger partial charge in [-0.2, -0.15) is 0 Å². The minimum Gasteiger partial charge on any atom is -0.393 e. The van der Waals surface area contributed by atoms with E-state index in [4.69, 9.17) is 0 Å². The fraction of sp³-hybridized carbons (Fsp3) is 0.929. The molecule has 2 rings (SSSR count). The van der Waals surface area contributed by atoms with Crippen LogP contribution in [0, 0.1) is 0 Å². The van der Waals surface area contributed by atoms with E-state index in [1.165, 1.54) is 12.8 Å². The van der Waals surface area contributed by atoms with Crippen LogP contribution in [0.5, 0.6) is 0 Å². The summed E-state index contributed by atoms with van der Waals surface area (Å²) in [7, 11) is 0. The molecule has 1 saturated carbocycles. The average molecular weight is 254 g/mol. The van der Waals surface area contributed by atoms with Gasteiger partial charge in [-0.15, -0.1) is 0 Å². The van der Waals surface area contributed by atoms with Gasteiger partial charge in [-0.05, 0) is 45.6 Å². The van der Waals surface area contributed by atoms with Gasteiger partial charge in [0.1, 0.15) is 0 Å². The van der Waals surface area contributed by atoms with Crippen LogP contribution in [0.3, 0.4) is 0 Å². The van der Waals surface area contributed by atoms with Crippen molar-refractivity contribution in [3.8, 4) is 0 Å². The molecular formula is C14H26N2O2. The number of carbonyl (C=O) groups excluding carboxylic acids is 1. The first-order valence-corrected chi connectivity index (χ1v) is 7.36. The van der Waals surface area contributed by atoms with Crippen LogP contribution in [-0.2, 0) is 4.79 Å². The lowest BCUT2D eigenvalue weighted by molar-refractivity contribution is -0.123. The molecule has 1 saturated heterocycles. The normalized spacial score (nSPS) is 27.6. The fourth-order valence-electron chi connectivity index (χ4n) is 3.29. The summed E-state index contributed by atoms with van der Waals surface area (Å²) < 4.78 is 0. The standard InChI is InChI=1S/C14H26N2O2/c1-11(17)9-13-7-4-8-16(13)10-14(18)15-12-5-2-3-6-12/h11-13,17H,2-10H2,1H3,(H,15,18). The average Bonchev–Trinajstić information content (AvgIpc) is 2.91. The van der Waals surface area contributed by atoms with E-state index in [1.54, 1.807) is 0 Å². The largest absolute Gasteiger partial charge is 0.393 e. The molecule has 0 radical (unpaired) electrons. The smallest absolute Gasteiger partial charge is 0.234 e. The van der Waals surface area contributed by atoms with Crippen LogP contribution in [0.15, 0.2) is 0 Å². The van der Waals surface area contributed by atoms with Crippen molar-refractivity contribution in [3.63, 3.8) is 0 Å². The Morgan fingerprint density at radius 1 is 1.33 bits per heavy atom. The van der Waals surface area contributed by atoms with Gasteiger partial charge in [0.15, 0.2) is 0 Å². The number of hydrogen-bond acceptors (Lipinski definition) is 3.